The Morgan fingerprint density at radius 1 is 1.47 bits per heavy atom. The molecule has 5 nitrogen and oxygen atoms in total. The number of aromatic nitrogens is 2. The van der Waals surface area contributed by atoms with E-state index in [-0.39, 0.29) is 27.4 Å². The molecule has 1 rings (SSSR count). The molecule has 0 saturated heterocycles. The van der Waals surface area contributed by atoms with Crippen LogP contribution in [-0.2, 0) is 17.1 Å². The standard InChI is InChI=1S/C11H19Cl2N3O2S/c1-11(2,3)5-8(12)6-15-19(17,18)10-9(13)7-14-16(10)4/h7-8,15H,5-6H2,1-4H3. The molecule has 0 aliphatic carbocycles. The largest absolute Gasteiger partial charge is 0.259 e. The number of halogens is 2. The van der Waals surface area contributed by atoms with E-state index >= 15 is 0 Å². The van der Waals surface area contributed by atoms with Gasteiger partial charge in [-0.1, -0.05) is 32.4 Å². The first-order chi connectivity index (χ1) is 8.53. The SMILES string of the molecule is Cn1ncc(Cl)c1S(=O)(=O)NCC(Cl)CC(C)(C)C. The minimum Gasteiger partial charge on any atom is -0.255 e. The first-order valence-electron chi connectivity index (χ1n) is 5.84. The Balaban J connectivity index is 2.72. The molecule has 0 fully saturated rings. The second kappa shape index (κ2) is 5.99. The van der Waals surface area contributed by atoms with E-state index in [4.69, 9.17) is 23.2 Å². The maximum Gasteiger partial charge on any atom is 0.259 e. The molecule has 1 unspecified atom stereocenters. The quantitative estimate of drug-likeness (QED) is 0.844. The van der Waals surface area contributed by atoms with Crippen molar-refractivity contribution in [3.05, 3.63) is 11.2 Å². The van der Waals surface area contributed by atoms with Crippen LogP contribution in [0, 0.1) is 5.41 Å². The summed E-state index contributed by atoms with van der Waals surface area (Å²) in [6.07, 6.45) is 2.00. The molecule has 0 aliphatic rings. The molecule has 0 aromatic carbocycles. The van der Waals surface area contributed by atoms with Gasteiger partial charge in [-0.05, 0) is 11.8 Å². The van der Waals surface area contributed by atoms with Gasteiger partial charge in [0.15, 0.2) is 5.03 Å². The summed E-state index contributed by atoms with van der Waals surface area (Å²) in [5, 5.41) is 3.57. The molecule has 1 atom stereocenters. The molecule has 0 saturated carbocycles. The fourth-order valence-corrected chi connectivity index (χ4v) is 4.07. The smallest absolute Gasteiger partial charge is 0.255 e. The summed E-state index contributed by atoms with van der Waals surface area (Å²) in [7, 11) is -2.17. The maximum absolute atomic E-state index is 12.1. The van der Waals surface area contributed by atoms with E-state index in [0.29, 0.717) is 6.42 Å². The molecule has 19 heavy (non-hydrogen) atoms. The summed E-state index contributed by atoms with van der Waals surface area (Å²) >= 11 is 11.9. The summed E-state index contributed by atoms with van der Waals surface area (Å²) in [6.45, 7) is 6.31. The van der Waals surface area contributed by atoms with E-state index < -0.39 is 10.0 Å². The van der Waals surface area contributed by atoms with Gasteiger partial charge in [0.25, 0.3) is 10.0 Å². The number of sulfonamides is 1. The Hall–Kier alpha value is -0.300. The molecule has 0 bridgehead atoms. The highest BCUT2D eigenvalue weighted by atomic mass is 35.5. The third-order valence-corrected chi connectivity index (χ3v) is 4.66. The van der Waals surface area contributed by atoms with Gasteiger partial charge in [-0.25, -0.2) is 13.1 Å². The van der Waals surface area contributed by atoms with Crippen molar-refractivity contribution in [2.45, 2.75) is 37.6 Å². The fraction of sp³-hybridized carbons (Fsp3) is 0.727. The Kier molecular flexibility index (Phi) is 5.28. The zero-order valence-corrected chi connectivity index (χ0v) is 13.8. The minimum absolute atomic E-state index is 0.0437. The lowest BCUT2D eigenvalue weighted by Crippen LogP contribution is -2.32. The molecule has 110 valence electrons. The van der Waals surface area contributed by atoms with Crippen LogP contribution in [0.4, 0.5) is 0 Å². The molecule has 1 N–H and O–H groups in total. The zero-order valence-electron chi connectivity index (χ0n) is 11.4. The zero-order chi connectivity index (χ0) is 14.8. The van der Waals surface area contributed by atoms with Gasteiger partial charge in [0.2, 0.25) is 0 Å². The number of nitrogens with zero attached hydrogens (tertiary/aromatic N) is 2. The minimum atomic E-state index is -3.69. The summed E-state index contributed by atoms with van der Waals surface area (Å²) < 4.78 is 27.9. The second-order valence-corrected chi connectivity index (χ2v) is 8.34. The Labute approximate surface area is 124 Å². The lowest BCUT2D eigenvalue weighted by atomic mass is 9.90. The number of rotatable bonds is 5. The Morgan fingerprint density at radius 3 is 2.47 bits per heavy atom. The van der Waals surface area contributed by atoms with Crippen molar-refractivity contribution < 1.29 is 8.42 Å². The number of aryl methyl sites for hydroxylation is 1. The molecule has 0 amide bonds. The van der Waals surface area contributed by atoms with Crippen molar-refractivity contribution in [1.29, 1.82) is 0 Å². The van der Waals surface area contributed by atoms with Gasteiger partial charge in [0, 0.05) is 19.0 Å². The predicted molar refractivity (Wildman–Crippen MR) is 77.1 cm³/mol. The van der Waals surface area contributed by atoms with Gasteiger partial charge in [0.05, 0.1) is 11.2 Å². The molecular formula is C11H19Cl2N3O2S. The van der Waals surface area contributed by atoms with Crippen LogP contribution < -0.4 is 4.72 Å². The number of hydrogen-bond donors (Lipinski definition) is 1. The van der Waals surface area contributed by atoms with Gasteiger partial charge in [-0.2, -0.15) is 5.10 Å². The van der Waals surface area contributed by atoms with Crippen LogP contribution in [0.5, 0.6) is 0 Å². The molecule has 1 heterocycles. The van der Waals surface area contributed by atoms with Crippen LogP contribution in [-0.4, -0.2) is 30.1 Å². The number of alkyl halides is 1. The first-order valence-corrected chi connectivity index (χ1v) is 8.14. The summed E-state index contributed by atoms with van der Waals surface area (Å²) in [5.74, 6) is 0. The van der Waals surface area contributed by atoms with Crippen molar-refractivity contribution >= 4 is 33.2 Å². The van der Waals surface area contributed by atoms with Crippen LogP contribution in [0.25, 0.3) is 0 Å². The second-order valence-electron chi connectivity index (χ2n) is 5.64. The Bertz CT molecular complexity index is 515. The predicted octanol–water partition coefficient (Wildman–Crippen LogP) is 2.40. The van der Waals surface area contributed by atoms with E-state index in [0.717, 1.165) is 0 Å². The van der Waals surface area contributed by atoms with E-state index in [1.54, 1.807) is 0 Å². The van der Waals surface area contributed by atoms with Crippen molar-refractivity contribution in [2.24, 2.45) is 12.5 Å². The monoisotopic (exact) mass is 327 g/mol. The first kappa shape index (κ1) is 16.8. The van der Waals surface area contributed by atoms with E-state index in [2.05, 4.69) is 30.6 Å². The van der Waals surface area contributed by atoms with Crippen molar-refractivity contribution in [3.63, 3.8) is 0 Å². The van der Waals surface area contributed by atoms with Crippen LogP contribution >= 0.6 is 23.2 Å². The third kappa shape index (κ3) is 4.95. The average Bonchev–Trinajstić information content (AvgIpc) is 2.54. The fourth-order valence-electron chi connectivity index (χ4n) is 1.71. The summed E-state index contributed by atoms with van der Waals surface area (Å²) in [5.41, 5.74) is 0.0437. The highest BCUT2D eigenvalue weighted by molar-refractivity contribution is 7.89. The molecule has 8 heteroatoms. The molecule has 1 aromatic rings. The summed E-state index contributed by atoms with van der Waals surface area (Å²) in [6, 6.07) is 0. The topological polar surface area (TPSA) is 64.0 Å². The van der Waals surface area contributed by atoms with Gasteiger partial charge >= 0.3 is 0 Å². The number of nitrogens with one attached hydrogen (secondary N) is 1. The van der Waals surface area contributed by atoms with Crippen molar-refractivity contribution in [3.8, 4) is 0 Å². The molecule has 0 spiro atoms. The van der Waals surface area contributed by atoms with Crippen molar-refractivity contribution in [2.75, 3.05) is 6.54 Å². The van der Waals surface area contributed by atoms with Crippen LogP contribution in [0.3, 0.4) is 0 Å². The van der Waals surface area contributed by atoms with Crippen LogP contribution in [0.15, 0.2) is 11.2 Å². The summed E-state index contributed by atoms with van der Waals surface area (Å²) in [4.78, 5) is 0. The van der Waals surface area contributed by atoms with E-state index in [1.165, 1.54) is 17.9 Å². The van der Waals surface area contributed by atoms with Crippen LogP contribution in [0.1, 0.15) is 27.2 Å². The van der Waals surface area contributed by atoms with E-state index in [9.17, 15) is 8.42 Å². The normalized spacial score (nSPS) is 14.6. The highest BCUT2D eigenvalue weighted by Gasteiger charge is 2.24. The maximum atomic E-state index is 12.1. The molecular weight excluding hydrogens is 309 g/mol. The third-order valence-electron chi connectivity index (χ3n) is 2.43. The lowest BCUT2D eigenvalue weighted by molar-refractivity contribution is 0.369. The lowest BCUT2D eigenvalue weighted by Gasteiger charge is -2.22. The van der Waals surface area contributed by atoms with Gasteiger partial charge in [-0.15, -0.1) is 11.6 Å². The Morgan fingerprint density at radius 2 is 2.05 bits per heavy atom. The van der Waals surface area contributed by atoms with Gasteiger partial charge in [-0.3, -0.25) is 4.68 Å². The van der Waals surface area contributed by atoms with Gasteiger partial charge in [0.1, 0.15) is 0 Å². The molecule has 1 aromatic heterocycles. The average molecular weight is 328 g/mol. The van der Waals surface area contributed by atoms with E-state index in [1.807, 2.05) is 0 Å². The van der Waals surface area contributed by atoms with Gasteiger partial charge < -0.3 is 0 Å². The number of hydrogen-bond acceptors (Lipinski definition) is 3. The molecule has 0 radical (unpaired) electrons. The highest BCUT2D eigenvalue weighted by Crippen LogP contribution is 2.24. The molecule has 0 aliphatic heterocycles. The van der Waals surface area contributed by atoms with Crippen LogP contribution in [0.2, 0.25) is 5.02 Å². The van der Waals surface area contributed by atoms with Crippen molar-refractivity contribution in [1.82, 2.24) is 14.5 Å².